The Balaban J connectivity index is 1.83. The van der Waals surface area contributed by atoms with Crippen LogP contribution in [0.1, 0.15) is 59.2 Å². The summed E-state index contributed by atoms with van der Waals surface area (Å²) in [5.74, 6) is 0. The zero-order chi connectivity index (χ0) is 14.8. The molecule has 3 atom stereocenters. The molecule has 0 spiro atoms. The van der Waals surface area contributed by atoms with Crippen molar-refractivity contribution in [3.8, 4) is 0 Å². The van der Waals surface area contributed by atoms with Crippen molar-refractivity contribution in [1.29, 1.82) is 0 Å². The van der Waals surface area contributed by atoms with E-state index < -0.39 is 0 Å². The van der Waals surface area contributed by atoms with E-state index in [1.807, 2.05) is 0 Å². The van der Waals surface area contributed by atoms with Crippen molar-refractivity contribution < 1.29 is 4.74 Å². The SMILES string of the molecule is CCOC1CC(NCc2ccn(C(C)CC)n2)C1(C)C. The van der Waals surface area contributed by atoms with E-state index in [1.165, 1.54) is 0 Å². The maximum absolute atomic E-state index is 5.77. The molecule has 4 nitrogen and oxygen atoms in total. The number of nitrogens with one attached hydrogen (secondary N) is 1. The Morgan fingerprint density at radius 3 is 2.85 bits per heavy atom. The lowest BCUT2D eigenvalue weighted by Gasteiger charge is -2.51. The Bertz CT molecular complexity index is 427. The first-order valence-electron chi connectivity index (χ1n) is 7.88. The topological polar surface area (TPSA) is 39.1 Å². The number of hydrogen-bond acceptors (Lipinski definition) is 3. The average Bonchev–Trinajstić information content (AvgIpc) is 2.90. The molecular formula is C16H29N3O. The summed E-state index contributed by atoms with van der Waals surface area (Å²) in [7, 11) is 0. The van der Waals surface area contributed by atoms with Crippen molar-refractivity contribution in [1.82, 2.24) is 15.1 Å². The van der Waals surface area contributed by atoms with Crippen molar-refractivity contribution in [3.05, 3.63) is 18.0 Å². The van der Waals surface area contributed by atoms with E-state index in [4.69, 9.17) is 4.74 Å². The van der Waals surface area contributed by atoms with E-state index in [0.717, 1.165) is 31.7 Å². The molecular weight excluding hydrogens is 250 g/mol. The van der Waals surface area contributed by atoms with Crippen LogP contribution in [0.25, 0.3) is 0 Å². The van der Waals surface area contributed by atoms with Crippen LogP contribution in [0.2, 0.25) is 0 Å². The number of hydrogen-bond donors (Lipinski definition) is 1. The van der Waals surface area contributed by atoms with Gasteiger partial charge in [0.25, 0.3) is 0 Å². The summed E-state index contributed by atoms with van der Waals surface area (Å²) < 4.78 is 7.83. The van der Waals surface area contributed by atoms with Crippen LogP contribution in [0, 0.1) is 5.41 Å². The van der Waals surface area contributed by atoms with Crippen LogP contribution in [-0.2, 0) is 11.3 Å². The lowest BCUT2D eigenvalue weighted by atomic mass is 9.64. The van der Waals surface area contributed by atoms with Gasteiger partial charge in [0.1, 0.15) is 0 Å². The molecule has 0 bridgehead atoms. The molecule has 4 heteroatoms. The van der Waals surface area contributed by atoms with Gasteiger partial charge >= 0.3 is 0 Å². The number of ether oxygens (including phenoxy) is 1. The summed E-state index contributed by atoms with van der Waals surface area (Å²) in [6.07, 6.45) is 4.69. The first kappa shape index (κ1) is 15.5. The summed E-state index contributed by atoms with van der Waals surface area (Å²) in [5.41, 5.74) is 1.34. The van der Waals surface area contributed by atoms with Gasteiger partial charge in [-0.2, -0.15) is 5.10 Å². The third-order valence-corrected chi connectivity index (χ3v) is 4.78. The van der Waals surface area contributed by atoms with Crippen LogP contribution in [0.5, 0.6) is 0 Å². The van der Waals surface area contributed by atoms with E-state index in [0.29, 0.717) is 18.2 Å². The first-order chi connectivity index (χ1) is 9.48. The molecule has 1 fully saturated rings. The van der Waals surface area contributed by atoms with Gasteiger partial charge in [0.05, 0.1) is 11.8 Å². The molecule has 0 aliphatic heterocycles. The van der Waals surface area contributed by atoms with Gasteiger partial charge in [-0.3, -0.25) is 4.68 Å². The number of nitrogens with zero attached hydrogens (tertiary/aromatic N) is 2. The predicted molar refractivity (Wildman–Crippen MR) is 81.7 cm³/mol. The fraction of sp³-hybridized carbons (Fsp3) is 0.812. The van der Waals surface area contributed by atoms with Gasteiger partial charge in [-0.15, -0.1) is 0 Å². The predicted octanol–water partition coefficient (Wildman–Crippen LogP) is 3.15. The Hall–Kier alpha value is -0.870. The Labute approximate surface area is 122 Å². The molecule has 20 heavy (non-hydrogen) atoms. The standard InChI is InChI=1S/C16H29N3O/c1-6-12(3)19-9-8-13(18-19)11-17-14-10-15(20-7-2)16(14,4)5/h8-9,12,14-15,17H,6-7,10-11H2,1-5H3. The van der Waals surface area contributed by atoms with Gasteiger partial charge < -0.3 is 10.1 Å². The maximum Gasteiger partial charge on any atom is 0.0762 e. The van der Waals surface area contributed by atoms with E-state index >= 15 is 0 Å². The zero-order valence-electron chi connectivity index (χ0n) is 13.5. The number of rotatable bonds is 7. The second-order valence-electron chi connectivity index (χ2n) is 6.48. The average molecular weight is 279 g/mol. The fourth-order valence-corrected chi connectivity index (χ4v) is 2.85. The summed E-state index contributed by atoms with van der Waals surface area (Å²) in [6, 6.07) is 3.12. The molecule has 0 saturated heterocycles. The quantitative estimate of drug-likeness (QED) is 0.833. The van der Waals surface area contributed by atoms with E-state index in [-0.39, 0.29) is 5.41 Å². The molecule has 1 N–H and O–H groups in total. The first-order valence-corrected chi connectivity index (χ1v) is 7.88. The van der Waals surface area contributed by atoms with Gasteiger partial charge in [0, 0.05) is 36.8 Å². The highest BCUT2D eigenvalue weighted by Gasteiger charge is 2.48. The second kappa shape index (κ2) is 6.27. The zero-order valence-corrected chi connectivity index (χ0v) is 13.5. The van der Waals surface area contributed by atoms with Gasteiger partial charge in [0.2, 0.25) is 0 Å². The van der Waals surface area contributed by atoms with Crippen LogP contribution in [0.4, 0.5) is 0 Å². The highest BCUT2D eigenvalue weighted by atomic mass is 16.5. The van der Waals surface area contributed by atoms with Crippen LogP contribution in [0.3, 0.4) is 0 Å². The van der Waals surface area contributed by atoms with E-state index in [1.54, 1.807) is 0 Å². The smallest absolute Gasteiger partial charge is 0.0762 e. The minimum absolute atomic E-state index is 0.218. The Kier molecular flexibility index (Phi) is 4.86. The molecule has 1 aliphatic carbocycles. The Morgan fingerprint density at radius 1 is 1.50 bits per heavy atom. The molecule has 1 aliphatic rings. The summed E-state index contributed by atoms with van der Waals surface area (Å²) in [6.45, 7) is 12.7. The highest BCUT2D eigenvalue weighted by molar-refractivity contribution is 5.05. The molecule has 2 rings (SSSR count). The van der Waals surface area contributed by atoms with Gasteiger partial charge in [-0.1, -0.05) is 20.8 Å². The molecule has 114 valence electrons. The molecule has 1 aromatic heterocycles. The van der Waals surface area contributed by atoms with Crippen molar-refractivity contribution in [2.75, 3.05) is 6.61 Å². The van der Waals surface area contributed by atoms with Crippen LogP contribution in [-0.4, -0.2) is 28.5 Å². The molecule has 0 aromatic carbocycles. The van der Waals surface area contributed by atoms with Crippen LogP contribution < -0.4 is 5.32 Å². The Morgan fingerprint density at radius 2 is 2.25 bits per heavy atom. The maximum atomic E-state index is 5.77. The third kappa shape index (κ3) is 3.07. The minimum Gasteiger partial charge on any atom is -0.378 e. The van der Waals surface area contributed by atoms with Crippen molar-refractivity contribution >= 4 is 0 Å². The van der Waals surface area contributed by atoms with E-state index in [9.17, 15) is 0 Å². The highest BCUT2D eigenvalue weighted by Crippen LogP contribution is 2.42. The van der Waals surface area contributed by atoms with Crippen LogP contribution >= 0.6 is 0 Å². The van der Waals surface area contributed by atoms with E-state index in [2.05, 4.69) is 62.0 Å². The molecule has 3 unspecified atom stereocenters. The fourth-order valence-electron chi connectivity index (χ4n) is 2.85. The monoisotopic (exact) mass is 279 g/mol. The molecule has 1 aromatic rings. The van der Waals surface area contributed by atoms with Gasteiger partial charge in [0.15, 0.2) is 0 Å². The molecule has 1 saturated carbocycles. The minimum atomic E-state index is 0.218. The molecule has 1 heterocycles. The van der Waals surface area contributed by atoms with Crippen molar-refractivity contribution in [3.63, 3.8) is 0 Å². The van der Waals surface area contributed by atoms with Crippen LogP contribution in [0.15, 0.2) is 12.3 Å². The van der Waals surface area contributed by atoms with Crippen molar-refractivity contribution in [2.24, 2.45) is 5.41 Å². The summed E-state index contributed by atoms with van der Waals surface area (Å²) in [4.78, 5) is 0. The number of aromatic nitrogens is 2. The van der Waals surface area contributed by atoms with Gasteiger partial charge in [-0.25, -0.2) is 0 Å². The summed E-state index contributed by atoms with van der Waals surface area (Å²) >= 11 is 0. The normalized spacial score (nSPS) is 26.2. The third-order valence-electron chi connectivity index (χ3n) is 4.78. The second-order valence-corrected chi connectivity index (χ2v) is 6.48. The van der Waals surface area contributed by atoms with Crippen molar-refractivity contribution in [2.45, 2.75) is 72.2 Å². The lowest BCUT2D eigenvalue weighted by molar-refractivity contribution is -0.114. The lowest BCUT2D eigenvalue weighted by Crippen LogP contribution is -2.60. The largest absolute Gasteiger partial charge is 0.378 e. The molecule has 0 amide bonds. The molecule has 0 radical (unpaired) electrons. The van der Waals surface area contributed by atoms with Gasteiger partial charge in [-0.05, 0) is 32.8 Å². The summed E-state index contributed by atoms with van der Waals surface area (Å²) in [5, 5.41) is 8.27.